The minimum Gasteiger partial charge on any atom is -0.486 e. The van der Waals surface area contributed by atoms with Gasteiger partial charge in [0, 0.05) is 23.3 Å². The number of nitrogens with one attached hydrogen (secondary N) is 2. The molecule has 0 radical (unpaired) electrons. The standard InChI is InChI=1S/C19H16N2O5/c22-18(21-12-4-5-16-17(10-12)25-9-8-24-16)11-26-15-3-1-2-14-13(15)6-7-20-19(14)23/h1-7,10H,8-9,11H2,(H,20,23)(H,21,22). The number of H-pyrrole nitrogens is 1. The predicted molar refractivity (Wildman–Crippen MR) is 96.1 cm³/mol. The number of carbonyl (C=O) groups excluding carboxylic acids is 1. The first kappa shape index (κ1) is 16.0. The van der Waals surface area contributed by atoms with Gasteiger partial charge in [-0.3, -0.25) is 9.59 Å². The van der Waals surface area contributed by atoms with Crippen LogP contribution in [0.25, 0.3) is 10.8 Å². The van der Waals surface area contributed by atoms with Gasteiger partial charge in [-0.1, -0.05) is 6.07 Å². The largest absolute Gasteiger partial charge is 0.486 e. The molecule has 2 N–H and O–H groups in total. The van der Waals surface area contributed by atoms with Gasteiger partial charge in [-0.05, 0) is 30.3 Å². The third-order valence-corrected chi connectivity index (χ3v) is 3.96. The van der Waals surface area contributed by atoms with E-state index in [0.29, 0.717) is 46.9 Å². The summed E-state index contributed by atoms with van der Waals surface area (Å²) >= 11 is 0. The first-order valence-corrected chi connectivity index (χ1v) is 8.13. The zero-order chi connectivity index (χ0) is 17.9. The van der Waals surface area contributed by atoms with E-state index < -0.39 is 0 Å². The Morgan fingerprint density at radius 1 is 1.08 bits per heavy atom. The van der Waals surface area contributed by atoms with Crippen molar-refractivity contribution in [2.75, 3.05) is 25.1 Å². The highest BCUT2D eigenvalue weighted by molar-refractivity contribution is 5.93. The van der Waals surface area contributed by atoms with Crippen LogP contribution in [0.2, 0.25) is 0 Å². The number of pyridine rings is 1. The average molecular weight is 352 g/mol. The van der Waals surface area contributed by atoms with Gasteiger partial charge in [-0.25, -0.2) is 0 Å². The molecule has 0 aliphatic carbocycles. The summed E-state index contributed by atoms with van der Waals surface area (Å²) in [6.07, 6.45) is 1.55. The molecule has 0 saturated carbocycles. The van der Waals surface area contributed by atoms with Gasteiger partial charge in [-0.15, -0.1) is 0 Å². The molecule has 132 valence electrons. The number of aromatic amines is 1. The van der Waals surface area contributed by atoms with E-state index in [1.54, 1.807) is 48.7 Å². The second-order valence-corrected chi connectivity index (χ2v) is 5.72. The van der Waals surface area contributed by atoms with Crippen molar-refractivity contribution in [2.24, 2.45) is 0 Å². The third kappa shape index (κ3) is 3.19. The highest BCUT2D eigenvalue weighted by Gasteiger charge is 2.13. The number of hydrogen-bond acceptors (Lipinski definition) is 5. The van der Waals surface area contributed by atoms with Gasteiger partial charge in [0.2, 0.25) is 0 Å². The summed E-state index contributed by atoms with van der Waals surface area (Å²) in [5.41, 5.74) is 0.394. The molecule has 1 aliphatic rings. The molecular weight excluding hydrogens is 336 g/mol. The zero-order valence-corrected chi connectivity index (χ0v) is 13.8. The fourth-order valence-corrected chi connectivity index (χ4v) is 2.78. The van der Waals surface area contributed by atoms with Crippen molar-refractivity contribution < 1.29 is 19.0 Å². The van der Waals surface area contributed by atoms with Crippen molar-refractivity contribution in [1.29, 1.82) is 0 Å². The van der Waals surface area contributed by atoms with Crippen LogP contribution in [-0.4, -0.2) is 30.7 Å². The minimum absolute atomic E-state index is 0.180. The Morgan fingerprint density at radius 2 is 1.92 bits per heavy atom. The van der Waals surface area contributed by atoms with E-state index in [4.69, 9.17) is 14.2 Å². The number of anilines is 1. The van der Waals surface area contributed by atoms with E-state index in [9.17, 15) is 9.59 Å². The van der Waals surface area contributed by atoms with Crippen molar-refractivity contribution in [1.82, 2.24) is 4.98 Å². The summed E-state index contributed by atoms with van der Waals surface area (Å²) in [4.78, 5) is 26.6. The topological polar surface area (TPSA) is 89.7 Å². The second-order valence-electron chi connectivity index (χ2n) is 5.72. The highest BCUT2D eigenvalue weighted by atomic mass is 16.6. The molecule has 0 unspecified atom stereocenters. The number of benzene rings is 2. The monoisotopic (exact) mass is 352 g/mol. The molecule has 7 heteroatoms. The Balaban J connectivity index is 1.45. The van der Waals surface area contributed by atoms with Gasteiger partial charge in [0.25, 0.3) is 11.5 Å². The maximum atomic E-state index is 12.2. The summed E-state index contributed by atoms with van der Waals surface area (Å²) in [5.74, 6) is 1.42. The predicted octanol–water partition coefficient (Wildman–Crippen LogP) is 2.32. The maximum absolute atomic E-state index is 12.2. The first-order valence-electron chi connectivity index (χ1n) is 8.13. The van der Waals surface area contributed by atoms with Crippen LogP contribution in [0, 0.1) is 0 Å². The molecule has 4 rings (SSSR count). The van der Waals surface area contributed by atoms with Crippen molar-refractivity contribution in [3.8, 4) is 17.2 Å². The lowest BCUT2D eigenvalue weighted by Crippen LogP contribution is -2.21. The molecule has 0 atom stereocenters. The van der Waals surface area contributed by atoms with E-state index in [2.05, 4.69) is 10.3 Å². The lowest BCUT2D eigenvalue weighted by molar-refractivity contribution is -0.118. The number of hydrogen-bond donors (Lipinski definition) is 2. The van der Waals surface area contributed by atoms with Crippen LogP contribution in [-0.2, 0) is 4.79 Å². The van der Waals surface area contributed by atoms with Crippen molar-refractivity contribution >= 4 is 22.4 Å². The molecule has 3 aromatic rings. The molecule has 26 heavy (non-hydrogen) atoms. The molecule has 2 heterocycles. The van der Waals surface area contributed by atoms with Crippen LogP contribution in [0.15, 0.2) is 53.5 Å². The summed E-state index contributed by atoms with van der Waals surface area (Å²) < 4.78 is 16.5. The Bertz CT molecular complexity index is 1030. The van der Waals surface area contributed by atoms with E-state index >= 15 is 0 Å². The van der Waals surface area contributed by atoms with Gasteiger partial charge in [0.1, 0.15) is 19.0 Å². The number of aromatic nitrogens is 1. The lowest BCUT2D eigenvalue weighted by Gasteiger charge is -2.19. The molecule has 1 amide bonds. The molecular formula is C19H16N2O5. The minimum atomic E-state index is -0.316. The average Bonchev–Trinajstić information content (AvgIpc) is 2.67. The Labute approximate surface area is 148 Å². The molecule has 1 aliphatic heterocycles. The molecule has 1 aromatic heterocycles. The Hall–Kier alpha value is -3.48. The molecule has 0 saturated heterocycles. The number of amides is 1. The van der Waals surface area contributed by atoms with Gasteiger partial charge < -0.3 is 24.5 Å². The van der Waals surface area contributed by atoms with E-state index in [1.165, 1.54) is 0 Å². The summed E-state index contributed by atoms with van der Waals surface area (Å²) in [5, 5.41) is 3.92. The number of carbonyl (C=O) groups is 1. The fraction of sp³-hybridized carbons (Fsp3) is 0.158. The van der Waals surface area contributed by atoms with Crippen LogP contribution in [0.4, 0.5) is 5.69 Å². The third-order valence-electron chi connectivity index (χ3n) is 3.96. The second kappa shape index (κ2) is 6.79. The van der Waals surface area contributed by atoms with Crippen LogP contribution >= 0.6 is 0 Å². The summed E-state index contributed by atoms with van der Waals surface area (Å²) in [6, 6.07) is 12.1. The number of fused-ring (bicyclic) bond motifs is 2. The molecule has 0 fully saturated rings. The van der Waals surface area contributed by atoms with Crippen LogP contribution in [0.3, 0.4) is 0 Å². The van der Waals surface area contributed by atoms with Crippen molar-refractivity contribution in [3.63, 3.8) is 0 Å². The normalized spacial score (nSPS) is 12.6. The smallest absolute Gasteiger partial charge is 0.262 e. The van der Waals surface area contributed by atoms with Crippen LogP contribution in [0.1, 0.15) is 0 Å². The number of ether oxygens (including phenoxy) is 3. The summed E-state index contributed by atoms with van der Waals surface area (Å²) in [7, 11) is 0. The Morgan fingerprint density at radius 3 is 2.81 bits per heavy atom. The van der Waals surface area contributed by atoms with E-state index in [0.717, 1.165) is 0 Å². The van der Waals surface area contributed by atoms with Gasteiger partial charge in [0.15, 0.2) is 18.1 Å². The van der Waals surface area contributed by atoms with Gasteiger partial charge in [0.05, 0.1) is 5.39 Å². The Kier molecular flexibility index (Phi) is 4.18. The molecule has 2 aromatic carbocycles. The van der Waals surface area contributed by atoms with Gasteiger partial charge >= 0.3 is 0 Å². The molecule has 0 spiro atoms. The van der Waals surface area contributed by atoms with E-state index in [1.807, 2.05) is 0 Å². The quantitative estimate of drug-likeness (QED) is 0.752. The SMILES string of the molecule is O=C(COc1cccc2c(=O)[nH]ccc12)Nc1ccc2c(c1)OCCO2. The van der Waals surface area contributed by atoms with Crippen molar-refractivity contribution in [2.45, 2.75) is 0 Å². The fourth-order valence-electron chi connectivity index (χ4n) is 2.78. The summed E-state index contributed by atoms with van der Waals surface area (Å²) in [6.45, 7) is 0.814. The maximum Gasteiger partial charge on any atom is 0.262 e. The lowest BCUT2D eigenvalue weighted by atomic mass is 10.1. The molecule has 0 bridgehead atoms. The molecule has 7 nitrogen and oxygen atoms in total. The number of rotatable bonds is 4. The van der Waals surface area contributed by atoms with Crippen LogP contribution in [0.5, 0.6) is 17.2 Å². The zero-order valence-electron chi connectivity index (χ0n) is 13.8. The van der Waals surface area contributed by atoms with Crippen molar-refractivity contribution in [3.05, 3.63) is 59.0 Å². The highest BCUT2D eigenvalue weighted by Crippen LogP contribution is 2.32. The van der Waals surface area contributed by atoms with Crippen LogP contribution < -0.4 is 25.1 Å². The van der Waals surface area contributed by atoms with Gasteiger partial charge in [-0.2, -0.15) is 0 Å². The van der Waals surface area contributed by atoms with E-state index in [-0.39, 0.29) is 18.1 Å². The first-order chi connectivity index (χ1) is 12.7.